The summed E-state index contributed by atoms with van der Waals surface area (Å²) in [5.41, 5.74) is 1.24. The molecular weight excluding hydrogens is 402 g/mol. The highest BCUT2D eigenvalue weighted by Gasteiger charge is 2.43. The maximum Gasteiger partial charge on any atom is 0.246 e. The largest absolute Gasteiger partial charge is 0.340 e. The van der Waals surface area contributed by atoms with E-state index in [0.717, 1.165) is 12.0 Å². The molecule has 0 unspecified atom stereocenters. The SMILES string of the molecule is CC(C)c1nc(-c2cccnc2)ncc1S(=O)(=O)N1CCN(C(=O)[C@@H]2C[C@H]2C)CC1. The highest BCUT2D eigenvalue weighted by molar-refractivity contribution is 7.89. The summed E-state index contributed by atoms with van der Waals surface area (Å²) >= 11 is 0. The number of pyridine rings is 1. The topological polar surface area (TPSA) is 96.4 Å². The first-order valence-electron chi connectivity index (χ1n) is 10.4. The zero-order valence-electron chi connectivity index (χ0n) is 17.5. The smallest absolute Gasteiger partial charge is 0.246 e. The molecule has 8 nitrogen and oxygen atoms in total. The van der Waals surface area contributed by atoms with Gasteiger partial charge in [0.25, 0.3) is 0 Å². The Morgan fingerprint density at radius 2 is 1.87 bits per heavy atom. The van der Waals surface area contributed by atoms with Crippen molar-refractivity contribution in [2.45, 2.75) is 38.0 Å². The lowest BCUT2D eigenvalue weighted by Crippen LogP contribution is -2.51. The van der Waals surface area contributed by atoms with Gasteiger partial charge < -0.3 is 4.90 Å². The minimum Gasteiger partial charge on any atom is -0.340 e. The number of nitrogens with zero attached hydrogens (tertiary/aromatic N) is 5. The number of rotatable bonds is 5. The molecule has 0 N–H and O–H groups in total. The number of hydrogen-bond acceptors (Lipinski definition) is 6. The quantitative estimate of drug-likeness (QED) is 0.723. The van der Waals surface area contributed by atoms with Crippen molar-refractivity contribution in [1.82, 2.24) is 24.2 Å². The molecule has 1 saturated heterocycles. The van der Waals surface area contributed by atoms with E-state index in [-0.39, 0.29) is 35.7 Å². The van der Waals surface area contributed by atoms with Gasteiger partial charge in [-0.3, -0.25) is 9.78 Å². The Balaban J connectivity index is 1.56. The Kier molecular flexibility index (Phi) is 5.59. The van der Waals surface area contributed by atoms with Crippen LogP contribution in [0.1, 0.15) is 38.8 Å². The lowest BCUT2D eigenvalue weighted by molar-refractivity contribution is -0.134. The van der Waals surface area contributed by atoms with Gasteiger partial charge in [0.15, 0.2) is 5.82 Å². The third-order valence-corrected chi connectivity index (χ3v) is 7.76. The second-order valence-electron chi connectivity index (χ2n) is 8.39. The van der Waals surface area contributed by atoms with Gasteiger partial charge in [0.1, 0.15) is 4.90 Å². The van der Waals surface area contributed by atoms with E-state index in [0.29, 0.717) is 30.5 Å². The van der Waals surface area contributed by atoms with Gasteiger partial charge in [-0.1, -0.05) is 20.8 Å². The molecule has 1 aliphatic carbocycles. The summed E-state index contributed by atoms with van der Waals surface area (Å²) in [4.78, 5) is 27.3. The number of hydrogen-bond donors (Lipinski definition) is 0. The summed E-state index contributed by atoms with van der Waals surface area (Å²) in [5.74, 6) is 1.09. The molecule has 1 aliphatic heterocycles. The molecule has 30 heavy (non-hydrogen) atoms. The van der Waals surface area contributed by atoms with E-state index in [2.05, 4.69) is 21.9 Å². The fraction of sp³-hybridized carbons (Fsp3) is 0.524. The maximum atomic E-state index is 13.4. The number of sulfonamides is 1. The van der Waals surface area contributed by atoms with Crippen molar-refractivity contribution in [1.29, 1.82) is 0 Å². The van der Waals surface area contributed by atoms with Crippen LogP contribution in [0.5, 0.6) is 0 Å². The van der Waals surface area contributed by atoms with Crippen molar-refractivity contribution in [2.75, 3.05) is 26.2 Å². The molecule has 0 bridgehead atoms. The average Bonchev–Trinajstić information content (AvgIpc) is 3.50. The van der Waals surface area contributed by atoms with Gasteiger partial charge in [0.2, 0.25) is 15.9 Å². The molecule has 2 aliphatic rings. The summed E-state index contributed by atoms with van der Waals surface area (Å²) < 4.78 is 28.2. The van der Waals surface area contributed by atoms with Crippen molar-refractivity contribution in [2.24, 2.45) is 11.8 Å². The van der Waals surface area contributed by atoms with Crippen LogP contribution < -0.4 is 0 Å². The monoisotopic (exact) mass is 429 g/mol. The molecule has 2 aromatic rings. The van der Waals surface area contributed by atoms with Crippen LogP contribution in [0.15, 0.2) is 35.6 Å². The highest BCUT2D eigenvalue weighted by Crippen LogP contribution is 2.39. The van der Waals surface area contributed by atoms with Crippen LogP contribution in [-0.4, -0.2) is 64.7 Å². The fourth-order valence-corrected chi connectivity index (χ4v) is 5.47. The average molecular weight is 430 g/mol. The number of carbonyl (C=O) groups excluding carboxylic acids is 1. The Morgan fingerprint density at radius 1 is 1.17 bits per heavy atom. The van der Waals surface area contributed by atoms with Crippen LogP contribution in [-0.2, 0) is 14.8 Å². The lowest BCUT2D eigenvalue weighted by atomic mass is 10.1. The molecular formula is C21H27N5O3S. The van der Waals surface area contributed by atoms with Gasteiger partial charge in [0, 0.05) is 50.1 Å². The van der Waals surface area contributed by atoms with Gasteiger partial charge in [-0.05, 0) is 30.4 Å². The Labute approximate surface area is 177 Å². The van der Waals surface area contributed by atoms with Gasteiger partial charge in [-0.25, -0.2) is 18.4 Å². The minimum absolute atomic E-state index is 0.0904. The van der Waals surface area contributed by atoms with E-state index in [1.807, 2.05) is 19.9 Å². The summed E-state index contributed by atoms with van der Waals surface area (Å²) in [5, 5.41) is 0. The second kappa shape index (κ2) is 8.03. The lowest BCUT2D eigenvalue weighted by Gasteiger charge is -2.34. The van der Waals surface area contributed by atoms with Crippen molar-refractivity contribution in [3.8, 4) is 11.4 Å². The molecule has 160 valence electrons. The first kappa shape index (κ1) is 20.9. The van der Waals surface area contributed by atoms with Crippen LogP contribution in [0, 0.1) is 11.8 Å². The Hall–Kier alpha value is -2.39. The first-order valence-corrected chi connectivity index (χ1v) is 11.8. The molecule has 9 heteroatoms. The Bertz CT molecular complexity index is 1030. The molecule has 2 fully saturated rings. The molecule has 2 aromatic heterocycles. The normalized spacial score (nSPS) is 22.3. The summed E-state index contributed by atoms with van der Waals surface area (Å²) in [7, 11) is -3.75. The molecule has 3 heterocycles. The van der Waals surface area contributed by atoms with Crippen LogP contribution in [0.25, 0.3) is 11.4 Å². The van der Waals surface area contributed by atoms with Crippen LogP contribution in [0.2, 0.25) is 0 Å². The van der Waals surface area contributed by atoms with E-state index in [1.54, 1.807) is 23.4 Å². The zero-order valence-corrected chi connectivity index (χ0v) is 18.3. The van der Waals surface area contributed by atoms with Crippen LogP contribution >= 0.6 is 0 Å². The molecule has 4 rings (SSSR count). The van der Waals surface area contributed by atoms with Crippen LogP contribution in [0.3, 0.4) is 0 Å². The number of amides is 1. The van der Waals surface area contributed by atoms with Crippen molar-refractivity contribution < 1.29 is 13.2 Å². The summed E-state index contributed by atoms with van der Waals surface area (Å²) in [6.45, 7) is 7.34. The van der Waals surface area contributed by atoms with Crippen molar-refractivity contribution in [3.63, 3.8) is 0 Å². The van der Waals surface area contributed by atoms with E-state index >= 15 is 0 Å². The molecule has 1 amide bonds. The third kappa shape index (κ3) is 3.96. The van der Waals surface area contributed by atoms with E-state index < -0.39 is 10.0 Å². The molecule has 2 atom stereocenters. The zero-order chi connectivity index (χ0) is 21.5. The van der Waals surface area contributed by atoms with E-state index in [9.17, 15) is 13.2 Å². The minimum atomic E-state index is -3.75. The standard InChI is InChI=1S/C21H27N5O3S/c1-14(2)19-18(13-23-20(24-19)16-5-4-6-22-12-16)30(28,29)26-9-7-25(8-10-26)21(27)17-11-15(17)3/h4-6,12-15,17H,7-11H2,1-3H3/t15-,17-/m1/s1. The molecule has 1 saturated carbocycles. The third-order valence-electron chi connectivity index (χ3n) is 5.84. The number of aromatic nitrogens is 3. The van der Waals surface area contributed by atoms with Gasteiger partial charge in [-0.15, -0.1) is 0 Å². The summed E-state index contributed by atoms with van der Waals surface area (Å²) in [6, 6.07) is 3.64. The molecule has 0 radical (unpaired) electrons. The van der Waals surface area contributed by atoms with E-state index in [1.165, 1.54) is 10.5 Å². The second-order valence-corrected chi connectivity index (χ2v) is 10.3. The van der Waals surface area contributed by atoms with E-state index in [4.69, 9.17) is 0 Å². The van der Waals surface area contributed by atoms with Crippen molar-refractivity contribution >= 4 is 15.9 Å². The van der Waals surface area contributed by atoms with Gasteiger partial charge in [0.05, 0.1) is 11.9 Å². The van der Waals surface area contributed by atoms with Crippen molar-refractivity contribution in [3.05, 3.63) is 36.4 Å². The first-order chi connectivity index (χ1) is 14.3. The number of carbonyl (C=O) groups is 1. The maximum absolute atomic E-state index is 13.4. The highest BCUT2D eigenvalue weighted by atomic mass is 32.2. The predicted molar refractivity (Wildman–Crippen MR) is 112 cm³/mol. The Morgan fingerprint density at radius 3 is 2.43 bits per heavy atom. The summed E-state index contributed by atoms with van der Waals surface area (Å²) in [6.07, 6.45) is 5.67. The van der Waals surface area contributed by atoms with Gasteiger partial charge in [-0.2, -0.15) is 4.31 Å². The van der Waals surface area contributed by atoms with Gasteiger partial charge >= 0.3 is 0 Å². The van der Waals surface area contributed by atoms with Crippen LogP contribution in [0.4, 0.5) is 0 Å². The predicted octanol–water partition coefficient (Wildman–Crippen LogP) is 2.15. The molecule has 0 spiro atoms. The fourth-order valence-electron chi connectivity index (χ4n) is 3.82. The number of piperazine rings is 1. The molecule has 0 aromatic carbocycles.